The highest BCUT2D eigenvalue weighted by Crippen LogP contribution is 2.36. The molecule has 4 heteroatoms. The van der Waals surface area contributed by atoms with E-state index in [-0.39, 0.29) is 5.82 Å². The van der Waals surface area contributed by atoms with Crippen molar-refractivity contribution in [2.45, 2.75) is 24.8 Å². The standard InChI is InChI=1S/C16H26FN3/c1-19(2)16(9-4-10-16)13-20(3)12-11-18-15-7-5-14(17)6-8-15/h5-8,18H,4,9-13H2,1-3H3. The highest BCUT2D eigenvalue weighted by molar-refractivity contribution is 5.42. The van der Waals surface area contributed by atoms with Crippen LogP contribution in [0.2, 0.25) is 0 Å². The molecule has 20 heavy (non-hydrogen) atoms. The monoisotopic (exact) mass is 279 g/mol. The molecule has 0 spiro atoms. The van der Waals surface area contributed by atoms with Gasteiger partial charge in [-0.2, -0.15) is 0 Å². The maximum atomic E-state index is 12.8. The molecule has 1 fully saturated rings. The Morgan fingerprint density at radius 1 is 1.15 bits per heavy atom. The third kappa shape index (κ3) is 3.70. The first kappa shape index (κ1) is 15.3. The van der Waals surface area contributed by atoms with Crippen molar-refractivity contribution in [3.05, 3.63) is 30.1 Å². The van der Waals surface area contributed by atoms with Crippen LogP contribution in [-0.4, -0.2) is 56.1 Å². The first-order chi connectivity index (χ1) is 9.52. The fourth-order valence-electron chi connectivity index (χ4n) is 2.87. The third-order valence-corrected chi connectivity index (χ3v) is 4.46. The molecule has 0 radical (unpaired) electrons. The van der Waals surface area contributed by atoms with E-state index < -0.39 is 0 Å². The number of nitrogens with one attached hydrogen (secondary N) is 1. The van der Waals surface area contributed by atoms with Crippen LogP contribution < -0.4 is 5.32 Å². The predicted molar refractivity (Wildman–Crippen MR) is 82.7 cm³/mol. The number of hydrogen-bond acceptors (Lipinski definition) is 3. The summed E-state index contributed by atoms with van der Waals surface area (Å²) >= 11 is 0. The lowest BCUT2D eigenvalue weighted by Crippen LogP contribution is -2.57. The average molecular weight is 279 g/mol. The summed E-state index contributed by atoms with van der Waals surface area (Å²) in [5.41, 5.74) is 1.36. The van der Waals surface area contributed by atoms with Crippen LogP contribution >= 0.6 is 0 Å². The molecule has 0 amide bonds. The molecule has 1 aromatic carbocycles. The van der Waals surface area contributed by atoms with E-state index in [2.05, 4.69) is 36.3 Å². The largest absolute Gasteiger partial charge is 0.384 e. The maximum Gasteiger partial charge on any atom is 0.123 e. The molecule has 0 bridgehead atoms. The maximum absolute atomic E-state index is 12.8. The van der Waals surface area contributed by atoms with Gasteiger partial charge in [-0.05, 0) is 64.7 Å². The van der Waals surface area contributed by atoms with Gasteiger partial charge >= 0.3 is 0 Å². The van der Waals surface area contributed by atoms with E-state index in [9.17, 15) is 4.39 Å². The lowest BCUT2D eigenvalue weighted by molar-refractivity contribution is 0.0289. The number of halogens is 1. The van der Waals surface area contributed by atoms with Crippen LogP contribution in [0, 0.1) is 5.82 Å². The lowest BCUT2D eigenvalue weighted by atomic mass is 9.75. The Labute approximate surface area is 121 Å². The zero-order valence-electron chi connectivity index (χ0n) is 12.8. The molecule has 2 rings (SSSR count). The second-order valence-electron chi connectivity index (χ2n) is 6.14. The Balaban J connectivity index is 1.72. The molecule has 112 valence electrons. The van der Waals surface area contributed by atoms with Gasteiger partial charge in [0.15, 0.2) is 0 Å². The zero-order chi connectivity index (χ0) is 14.6. The molecule has 0 aromatic heterocycles. The average Bonchev–Trinajstić information content (AvgIpc) is 2.36. The minimum Gasteiger partial charge on any atom is -0.384 e. The van der Waals surface area contributed by atoms with E-state index in [4.69, 9.17) is 0 Å². The van der Waals surface area contributed by atoms with Crippen LogP contribution in [0.15, 0.2) is 24.3 Å². The van der Waals surface area contributed by atoms with Crippen molar-refractivity contribution < 1.29 is 4.39 Å². The van der Waals surface area contributed by atoms with Crippen LogP contribution in [0.4, 0.5) is 10.1 Å². The molecule has 1 N–H and O–H groups in total. The van der Waals surface area contributed by atoms with Gasteiger partial charge in [-0.3, -0.25) is 0 Å². The molecule has 0 unspecified atom stereocenters. The van der Waals surface area contributed by atoms with Gasteiger partial charge in [0.2, 0.25) is 0 Å². The van der Waals surface area contributed by atoms with E-state index in [0.717, 1.165) is 25.3 Å². The van der Waals surface area contributed by atoms with E-state index in [0.29, 0.717) is 5.54 Å². The van der Waals surface area contributed by atoms with Crippen molar-refractivity contribution in [2.24, 2.45) is 0 Å². The topological polar surface area (TPSA) is 18.5 Å². The van der Waals surface area contributed by atoms with Crippen molar-refractivity contribution in [1.82, 2.24) is 9.80 Å². The van der Waals surface area contributed by atoms with Gasteiger partial charge < -0.3 is 15.1 Å². The molecule has 1 saturated carbocycles. The van der Waals surface area contributed by atoms with Gasteiger partial charge in [0.1, 0.15) is 5.82 Å². The molecular formula is C16H26FN3. The fraction of sp³-hybridized carbons (Fsp3) is 0.625. The number of rotatable bonds is 7. The molecule has 0 saturated heterocycles. The van der Waals surface area contributed by atoms with E-state index >= 15 is 0 Å². The van der Waals surface area contributed by atoms with Crippen LogP contribution in [0.5, 0.6) is 0 Å². The SMILES string of the molecule is CN(CCNc1ccc(F)cc1)CC1(N(C)C)CCC1. The normalized spacial score (nSPS) is 17.3. The first-order valence-corrected chi connectivity index (χ1v) is 7.37. The molecule has 0 aliphatic heterocycles. The number of benzene rings is 1. The summed E-state index contributed by atoms with van der Waals surface area (Å²) in [5, 5.41) is 3.33. The minimum atomic E-state index is -0.189. The second kappa shape index (κ2) is 6.55. The quantitative estimate of drug-likeness (QED) is 0.828. The number of nitrogens with zero attached hydrogens (tertiary/aromatic N) is 2. The van der Waals surface area contributed by atoms with Crippen LogP contribution in [0.25, 0.3) is 0 Å². The van der Waals surface area contributed by atoms with Crippen molar-refractivity contribution in [3.8, 4) is 0 Å². The molecular weight excluding hydrogens is 253 g/mol. The van der Waals surface area contributed by atoms with Crippen LogP contribution in [0.3, 0.4) is 0 Å². The van der Waals surface area contributed by atoms with Gasteiger partial charge in [-0.25, -0.2) is 4.39 Å². The lowest BCUT2D eigenvalue weighted by Gasteiger charge is -2.49. The Kier molecular flexibility index (Phi) is 5.00. The number of likely N-dealkylation sites (N-methyl/N-ethyl adjacent to an activating group) is 2. The van der Waals surface area contributed by atoms with E-state index in [1.165, 1.54) is 31.4 Å². The summed E-state index contributed by atoms with van der Waals surface area (Å²) in [6.45, 7) is 2.99. The predicted octanol–water partition coefficient (Wildman–Crippen LogP) is 2.65. The van der Waals surface area contributed by atoms with Crippen LogP contribution in [0.1, 0.15) is 19.3 Å². The van der Waals surface area contributed by atoms with Gasteiger partial charge in [0.05, 0.1) is 0 Å². The van der Waals surface area contributed by atoms with E-state index in [1.807, 2.05) is 0 Å². The molecule has 1 aliphatic rings. The summed E-state index contributed by atoms with van der Waals surface area (Å²) in [7, 11) is 6.55. The molecule has 3 nitrogen and oxygen atoms in total. The Morgan fingerprint density at radius 2 is 1.80 bits per heavy atom. The molecule has 0 atom stereocenters. The minimum absolute atomic E-state index is 0.189. The van der Waals surface area contributed by atoms with Crippen molar-refractivity contribution in [1.29, 1.82) is 0 Å². The van der Waals surface area contributed by atoms with Crippen molar-refractivity contribution in [2.75, 3.05) is 46.1 Å². The fourth-order valence-corrected chi connectivity index (χ4v) is 2.87. The van der Waals surface area contributed by atoms with Gasteiger partial charge in [0.25, 0.3) is 0 Å². The van der Waals surface area contributed by atoms with Crippen molar-refractivity contribution >= 4 is 5.69 Å². The summed E-state index contributed by atoms with van der Waals surface area (Å²) in [5.74, 6) is -0.189. The molecule has 0 heterocycles. The molecule has 1 aliphatic carbocycles. The Morgan fingerprint density at radius 3 is 2.30 bits per heavy atom. The summed E-state index contributed by atoms with van der Waals surface area (Å²) in [4.78, 5) is 4.76. The highest BCUT2D eigenvalue weighted by atomic mass is 19.1. The zero-order valence-corrected chi connectivity index (χ0v) is 12.8. The molecule has 1 aromatic rings. The summed E-state index contributed by atoms with van der Waals surface area (Å²) in [6, 6.07) is 6.54. The summed E-state index contributed by atoms with van der Waals surface area (Å²) in [6.07, 6.45) is 3.95. The number of anilines is 1. The Bertz CT molecular complexity index is 412. The van der Waals surface area contributed by atoms with Gasteiger partial charge in [-0.15, -0.1) is 0 Å². The van der Waals surface area contributed by atoms with E-state index in [1.54, 1.807) is 12.1 Å². The van der Waals surface area contributed by atoms with Crippen molar-refractivity contribution in [3.63, 3.8) is 0 Å². The second-order valence-corrected chi connectivity index (χ2v) is 6.14. The highest BCUT2D eigenvalue weighted by Gasteiger charge is 2.39. The number of hydrogen-bond donors (Lipinski definition) is 1. The summed E-state index contributed by atoms with van der Waals surface area (Å²) < 4.78 is 12.8. The van der Waals surface area contributed by atoms with Gasteiger partial charge in [-0.1, -0.05) is 0 Å². The first-order valence-electron chi connectivity index (χ1n) is 7.37. The Hall–Kier alpha value is -1.13. The smallest absolute Gasteiger partial charge is 0.123 e. The van der Waals surface area contributed by atoms with Gasteiger partial charge in [0, 0.05) is 30.9 Å². The third-order valence-electron chi connectivity index (χ3n) is 4.46. The van der Waals surface area contributed by atoms with Crippen LogP contribution in [-0.2, 0) is 0 Å².